The van der Waals surface area contributed by atoms with Crippen LogP contribution >= 0.6 is 11.8 Å². The summed E-state index contributed by atoms with van der Waals surface area (Å²) in [4.78, 5) is 27.9. The first-order chi connectivity index (χ1) is 10.7. The minimum atomic E-state index is -0.459. The van der Waals surface area contributed by atoms with E-state index < -0.39 is 5.25 Å². The highest BCUT2D eigenvalue weighted by atomic mass is 32.2. The average Bonchev–Trinajstić information content (AvgIpc) is 2.54. The molecule has 6 heteroatoms. The topological polar surface area (TPSA) is 70.6 Å². The van der Waals surface area contributed by atoms with Crippen LogP contribution in [0, 0.1) is 0 Å². The van der Waals surface area contributed by atoms with Gasteiger partial charge in [0.15, 0.2) is 5.17 Å². The fraction of sp³-hybridized carbons (Fsp3) is 0.188. The number of amidine groups is 1. The smallest absolute Gasteiger partial charge is 0.238 e. The van der Waals surface area contributed by atoms with Gasteiger partial charge in [0.1, 0.15) is 5.25 Å². The maximum atomic E-state index is 12.3. The molecule has 3 rings (SSSR count). The lowest BCUT2D eigenvalue weighted by molar-refractivity contribution is -0.123. The average molecular weight is 313 g/mol. The minimum absolute atomic E-state index is 0.156. The van der Waals surface area contributed by atoms with Crippen LogP contribution in [0.3, 0.4) is 0 Å². The quantitative estimate of drug-likeness (QED) is 0.894. The zero-order valence-corrected chi connectivity index (χ0v) is 12.8. The Hall–Kier alpha value is -2.34. The van der Waals surface area contributed by atoms with Gasteiger partial charge >= 0.3 is 0 Å². The standard InChI is InChI=1S/C16H15N3O2S/c1-17-16-19-14(20)9-13(22-16)15(21)18-12-7-6-10-4-2-3-5-11(10)8-12/h2-8,13H,9H2,1H3,(H,18,21)(H,17,19,20)/t13-/m1/s1. The number of thioether (sulfide) groups is 1. The SMILES string of the molecule is CN=C1NC(=O)C[C@H](C(=O)Nc2ccc3ccccc3c2)S1. The largest absolute Gasteiger partial charge is 0.325 e. The van der Waals surface area contributed by atoms with Gasteiger partial charge in [0, 0.05) is 19.2 Å². The third-order valence-corrected chi connectivity index (χ3v) is 4.56. The van der Waals surface area contributed by atoms with E-state index in [0.29, 0.717) is 5.17 Å². The van der Waals surface area contributed by atoms with Crippen molar-refractivity contribution in [3.05, 3.63) is 42.5 Å². The molecule has 2 amide bonds. The number of fused-ring (bicyclic) bond motifs is 1. The van der Waals surface area contributed by atoms with Crippen LogP contribution in [0.25, 0.3) is 10.8 Å². The molecule has 112 valence electrons. The van der Waals surface area contributed by atoms with Crippen molar-refractivity contribution in [2.24, 2.45) is 4.99 Å². The van der Waals surface area contributed by atoms with E-state index in [1.165, 1.54) is 11.8 Å². The molecule has 0 aliphatic carbocycles. The summed E-state index contributed by atoms with van der Waals surface area (Å²) < 4.78 is 0. The van der Waals surface area contributed by atoms with Gasteiger partial charge in [-0.2, -0.15) is 0 Å². The molecule has 1 saturated heterocycles. The molecule has 0 bridgehead atoms. The van der Waals surface area contributed by atoms with Crippen LogP contribution in [0.15, 0.2) is 47.5 Å². The lowest BCUT2D eigenvalue weighted by Gasteiger charge is -2.22. The summed E-state index contributed by atoms with van der Waals surface area (Å²) in [7, 11) is 1.59. The van der Waals surface area contributed by atoms with Crippen molar-refractivity contribution in [1.82, 2.24) is 5.32 Å². The fourth-order valence-electron chi connectivity index (χ4n) is 2.29. The van der Waals surface area contributed by atoms with Gasteiger partial charge in [-0.25, -0.2) is 0 Å². The van der Waals surface area contributed by atoms with Gasteiger partial charge in [-0.05, 0) is 22.9 Å². The molecule has 1 aliphatic rings. The zero-order valence-electron chi connectivity index (χ0n) is 12.0. The lowest BCUT2D eigenvalue weighted by atomic mass is 10.1. The Bertz CT molecular complexity index is 773. The third kappa shape index (κ3) is 3.12. The monoisotopic (exact) mass is 313 g/mol. The highest BCUT2D eigenvalue weighted by molar-refractivity contribution is 8.15. The molecule has 5 nitrogen and oxygen atoms in total. The first-order valence-corrected chi connectivity index (χ1v) is 7.76. The van der Waals surface area contributed by atoms with Gasteiger partial charge in [0.05, 0.1) is 0 Å². The van der Waals surface area contributed by atoms with E-state index >= 15 is 0 Å². The lowest BCUT2D eigenvalue weighted by Crippen LogP contribution is -2.41. The second-order valence-corrected chi connectivity index (χ2v) is 6.13. The van der Waals surface area contributed by atoms with Gasteiger partial charge in [-0.1, -0.05) is 42.1 Å². The number of carbonyl (C=O) groups excluding carboxylic acids is 2. The fourth-order valence-corrected chi connectivity index (χ4v) is 3.24. The first-order valence-electron chi connectivity index (χ1n) is 6.88. The van der Waals surface area contributed by atoms with E-state index in [1.54, 1.807) is 7.05 Å². The van der Waals surface area contributed by atoms with Gasteiger partial charge in [0.2, 0.25) is 11.8 Å². The number of aliphatic imine (C=N–C) groups is 1. The van der Waals surface area contributed by atoms with Gasteiger partial charge in [-0.3, -0.25) is 14.6 Å². The van der Waals surface area contributed by atoms with Gasteiger partial charge in [0.25, 0.3) is 0 Å². The summed E-state index contributed by atoms with van der Waals surface area (Å²) in [6.45, 7) is 0. The number of amides is 2. The van der Waals surface area contributed by atoms with Crippen molar-refractivity contribution >= 4 is 45.2 Å². The second kappa shape index (κ2) is 6.19. The van der Waals surface area contributed by atoms with E-state index in [1.807, 2.05) is 42.5 Å². The molecule has 0 saturated carbocycles. The van der Waals surface area contributed by atoms with E-state index in [4.69, 9.17) is 0 Å². The molecule has 1 atom stereocenters. The molecule has 0 aromatic heterocycles. The first kappa shape index (κ1) is 14.6. The molecular formula is C16H15N3O2S. The van der Waals surface area contributed by atoms with Crippen molar-refractivity contribution in [2.45, 2.75) is 11.7 Å². The molecule has 0 spiro atoms. The Morgan fingerprint density at radius 3 is 2.82 bits per heavy atom. The van der Waals surface area contributed by atoms with Crippen LogP contribution < -0.4 is 10.6 Å². The van der Waals surface area contributed by atoms with Crippen LogP contribution in [0.5, 0.6) is 0 Å². The zero-order chi connectivity index (χ0) is 15.5. The molecule has 2 aromatic carbocycles. The van der Waals surface area contributed by atoms with Crippen molar-refractivity contribution in [3.8, 4) is 0 Å². The van der Waals surface area contributed by atoms with E-state index in [2.05, 4.69) is 15.6 Å². The number of anilines is 1. The van der Waals surface area contributed by atoms with E-state index in [0.717, 1.165) is 16.5 Å². The van der Waals surface area contributed by atoms with Crippen LogP contribution in [-0.4, -0.2) is 29.3 Å². The molecule has 22 heavy (non-hydrogen) atoms. The van der Waals surface area contributed by atoms with Gasteiger partial charge < -0.3 is 10.6 Å². The summed E-state index contributed by atoms with van der Waals surface area (Å²) in [5, 5.41) is 7.71. The van der Waals surface area contributed by atoms with Crippen LogP contribution in [-0.2, 0) is 9.59 Å². The van der Waals surface area contributed by atoms with Crippen molar-refractivity contribution in [1.29, 1.82) is 0 Å². The second-order valence-electron chi connectivity index (χ2n) is 4.94. The Balaban J connectivity index is 1.76. The molecule has 1 fully saturated rings. The number of rotatable bonds is 2. The Morgan fingerprint density at radius 1 is 1.27 bits per heavy atom. The maximum Gasteiger partial charge on any atom is 0.238 e. The summed E-state index contributed by atoms with van der Waals surface area (Å²) in [5.74, 6) is -0.366. The molecule has 0 unspecified atom stereocenters. The Labute approximate surface area is 132 Å². The third-order valence-electron chi connectivity index (χ3n) is 3.38. The molecule has 2 N–H and O–H groups in total. The summed E-state index contributed by atoms with van der Waals surface area (Å²) in [6, 6.07) is 13.7. The molecule has 2 aromatic rings. The minimum Gasteiger partial charge on any atom is -0.325 e. The highest BCUT2D eigenvalue weighted by Crippen LogP contribution is 2.23. The van der Waals surface area contributed by atoms with Crippen LogP contribution in [0.2, 0.25) is 0 Å². The van der Waals surface area contributed by atoms with Gasteiger partial charge in [-0.15, -0.1) is 0 Å². The molecule has 1 aliphatic heterocycles. The number of carbonyl (C=O) groups is 2. The molecular weight excluding hydrogens is 298 g/mol. The maximum absolute atomic E-state index is 12.3. The van der Waals surface area contributed by atoms with E-state index in [-0.39, 0.29) is 18.2 Å². The number of nitrogens with zero attached hydrogens (tertiary/aromatic N) is 1. The van der Waals surface area contributed by atoms with Crippen molar-refractivity contribution in [3.63, 3.8) is 0 Å². The number of hydrogen-bond acceptors (Lipinski definition) is 4. The van der Waals surface area contributed by atoms with Crippen molar-refractivity contribution < 1.29 is 9.59 Å². The predicted octanol–water partition coefficient (Wildman–Crippen LogP) is 2.39. The summed E-state index contributed by atoms with van der Waals surface area (Å²) in [6.07, 6.45) is 0.156. The number of benzene rings is 2. The summed E-state index contributed by atoms with van der Waals surface area (Å²) in [5.41, 5.74) is 0.727. The van der Waals surface area contributed by atoms with E-state index in [9.17, 15) is 9.59 Å². The summed E-state index contributed by atoms with van der Waals surface area (Å²) >= 11 is 1.27. The molecule has 0 radical (unpaired) electrons. The Kier molecular flexibility index (Phi) is 4.11. The molecule has 1 heterocycles. The van der Waals surface area contributed by atoms with Crippen LogP contribution in [0.1, 0.15) is 6.42 Å². The van der Waals surface area contributed by atoms with Crippen molar-refractivity contribution in [2.75, 3.05) is 12.4 Å². The predicted molar refractivity (Wildman–Crippen MR) is 90.1 cm³/mol. The van der Waals surface area contributed by atoms with Crippen LogP contribution in [0.4, 0.5) is 5.69 Å². The number of hydrogen-bond donors (Lipinski definition) is 2. The Morgan fingerprint density at radius 2 is 2.05 bits per heavy atom. The number of nitrogens with one attached hydrogen (secondary N) is 2. The highest BCUT2D eigenvalue weighted by Gasteiger charge is 2.29. The normalized spacial score (nSPS) is 20.0.